The minimum atomic E-state index is -0.514. The summed E-state index contributed by atoms with van der Waals surface area (Å²) in [6.07, 6.45) is 0. The molecule has 1 unspecified atom stereocenters. The summed E-state index contributed by atoms with van der Waals surface area (Å²) in [6.45, 7) is 0. The van der Waals surface area contributed by atoms with Crippen molar-refractivity contribution < 1.29 is 0 Å². The molecule has 64 heavy (non-hydrogen) atoms. The van der Waals surface area contributed by atoms with E-state index in [1.807, 2.05) is 11.3 Å². The van der Waals surface area contributed by atoms with Gasteiger partial charge in [-0.1, -0.05) is 170 Å². The first kappa shape index (κ1) is 35.6. The summed E-state index contributed by atoms with van der Waals surface area (Å²) in [5.74, 6) is 0. The highest BCUT2D eigenvalue weighted by Crippen LogP contribution is 2.61. The Kier molecular flexibility index (Phi) is 7.51. The largest absolute Gasteiger partial charge is 0.310 e. The van der Waals surface area contributed by atoms with Crippen LogP contribution in [0.3, 0.4) is 0 Å². The highest BCUT2D eigenvalue weighted by molar-refractivity contribution is 7.25. The lowest BCUT2D eigenvalue weighted by molar-refractivity contribution is 0.749. The number of benzene rings is 10. The van der Waals surface area contributed by atoms with E-state index in [1.165, 1.54) is 103 Å². The van der Waals surface area contributed by atoms with Gasteiger partial charge in [-0.3, -0.25) is 0 Å². The number of hydrogen-bond acceptors (Lipinski definition) is 2. The van der Waals surface area contributed by atoms with Gasteiger partial charge in [-0.25, -0.2) is 0 Å². The molecule has 3 heteroatoms. The van der Waals surface area contributed by atoms with Crippen LogP contribution in [0.25, 0.3) is 81.0 Å². The van der Waals surface area contributed by atoms with E-state index >= 15 is 0 Å². The van der Waals surface area contributed by atoms with Crippen molar-refractivity contribution in [1.29, 1.82) is 0 Å². The van der Waals surface area contributed by atoms with Crippen LogP contribution < -0.4 is 4.90 Å². The van der Waals surface area contributed by atoms with Crippen molar-refractivity contribution in [2.24, 2.45) is 0 Å². The van der Waals surface area contributed by atoms with E-state index in [2.05, 4.69) is 240 Å². The molecule has 3 heterocycles. The van der Waals surface area contributed by atoms with Gasteiger partial charge in [0.2, 0.25) is 0 Å². The Morgan fingerprint density at radius 3 is 1.92 bits per heavy atom. The van der Waals surface area contributed by atoms with Gasteiger partial charge in [-0.15, -0.1) is 11.3 Å². The van der Waals surface area contributed by atoms with Crippen LogP contribution in [0, 0.1) is 0 Å². The molecule has 0 saturated carbocycles. The fraction of sp³-hybridized carbons (Fsp3) is 0.0164. The lowest BCUT2D eigenvalue weighted by Crippen LogP contribution is -2.33. The molecule has 0 fully saturated rings. The molecule has 0 radical (unpaired) electrons. The van der Waals surface area contributed by atoms with Crippen LogP contribution in [-0.4, -0.2) is 4.57 Å². The monoisotopic (exact) mass is 830 g/mol. The van der Waals surface area contributed by atoms with E-state index in [4.69, 9.17) is 0 Å². The predicted octanol–water partition coefficient (Wildman–Crippen LogP) is 16.6. The quantitative estimate of drug-likeness (QED) is 0.168. The van der Waals surface area contributed by atoms with Crippen LogP contribution in [0.4, 0.5) is 17.1 Å². The summed E-state index contributed by atoms with van der Waals surface area (Å²) >= 11 is 1.86. The molecule has 0 saturated heterocycles. The third kappa shape index (κ3) is 4.85. The van der Waals surface area contributed by atoms with E-state index in [0.717, 1.165) is 17.1 Å². The Morgan fingerprint density at radius 2 is 1.00 bits per heavy atom. The average molecular weight is 831 g/mol. The van der Waals surface area contributed by atoms with Crippen LogP contribution in [0.2, 0.25) is 0 Å². The molecule has 10 aromatic carbocycles. The van der Waals surface area contributed by atoms with Crippen molar-refractivity contribution in [2.75, 3.05) is 4.90 Å². The van der Waals surface area contributed by atoms with Gasteiger partial charge >= 0.3 is 0 Å². The number of rotatable bonds is 5. The number of thiophene rings is 1. The van der Waals surface area contributed by atoms with Crippen LogP contribution in [0.5, 0.6) is 0 Å². The van der Waals surface area contributed by atoms with Gasteiger partial charge in [0.15, 0.2) is 0 Å². The van der Waals surface area contributed by atoms with Gasteiger partial charge < -0.3 is 9.47 Å². The minimum Gasteiger partial charge on any atom is -0.310 e. The maximum atomic E-state index is 2.52. The number of anilines is 3. The zero-order chi connectivity index (χ0) is 41.9. The molecular weight excluding hydrogens is 793 g/mol. The average Bonchev–Trinajstić information content (AvgIpc) is 4.01. The molecular formula is C61H38N2S. The molecule has 1 atom stereocenters. The van der Waals surface area contributed by atoms with Gasteiger partial charge in [0.05, 0.1) is 27.8 Å². The topological polar surface area (TPSA) is 8.17 Å². The highest BCUT2D eigenvalue weighted by Gasteiger charge is 2.50. The maximum absolute atomic E-state index is 2.52. The second kappa shape index (κ2) is 13.5. The standard InChI is InChI=1S/C61H38N2S/c1-2-16-39(17-3-1)44-20-5-10-28-55(44)62(43-33-35-59-50(38-43)48-23-7-13-31-58(48)64-59)42-19-14-18-40(36-42)41-32-34-46-45-21-4-8-25-51(45)61(54(46)37-41)52-26-9-12-30-57(52)63-56-29-11-6-22-47(56)49-24-15-27-53(61)60(49)63/h1-38H. The smallest absolute Gasteiger partial charge is 0.0754 e. The molecule has 2 nitrogen and oxygen atoms in total. The van der Waals surface area contributed by atoms with E-state index in [1.54, 1.807) is 0 Å². The van der Waals surface area contributed by atoms with Crippen molar-refractivity contribution in [3.05, 3.63) is 253 Å². The number of hydrogen-bond donors (Lipinski definition) is 0. The Labute approximate surface area is 375 Å². The van der Waals surface area contributed by atoms with Crippen molar-refractivity contribution >= 4 is 70.4 Å². The van der Waals surface area contributed by atoms with Gasteiger partial charge in [0.1, 0.15) is 0 Å². The second-order valence-electron chi connectivity index (χ2n) is 17.2. The second-order valence-corrected chi connectivity index (χ2v) is 18.3. The van der Waals surface area contributed by atoms with Crippen LogP contribution in [0.1, 0.15) is 22.3 Å². The molecule has 0 amide bonds. The van der Waals surface area contributed by atoms with Gasteiger partial charge in [0, 0.05) is 47.9 Å². The molecule has 1 aliphatic carbocycles. The number of para-hydroxylation sites is 4. The molecule has 2 aliphatic rings. The van der Waals surface area contributed by atoms with Crippen LogP contribution in [0.15, 0.2) is 231 Å². The fourth-order valence-electron chi connectivity index (χ4n) is 11.4. The van der Waals surface area contributed by atoms with E-state index < -0.39 is 5.41 Å². The first-order valence-electron chi connectivity index (χ1n) is 22.1. The predicted molar refractivity (Wildman–Crippen MR) is 270 cm³/mol. The summed E-state index contributed by atoms with van der Waals surface area (Å²) in [7, 11) is 0. The fourth-order valence-corrected chi connectivity index (χ4v) is 12.5. The lowest BCUT2D eigenvalue weighted by atomic mass is 9.65. The maximum Gasteiger partial charge on any atom is 0.0754 e. The SMILES string of the molecule is c1ccc(-c2ccccc2N(c2cccc(-c3ccc4c(c3)C3(c5ccccc5-4)c4ccccc4-n4c5ccccc5c5cccc3c54)c2)c2ccc3sc4ccccc4c3c2)cc1. The molecule has 0 bridgehead atoms. The third-order valence-electron chi connectivity index (χ3n) is 14.0. The number of aromatic nitrogens is 1. The zero-order valence-electron chi connectivity index (χ0n) is 34.7. The van der Waals surface area contributed by atoms with E-state index in [-0.39, 0.29) is 0 Å². The minimum absolute atomic E-state index is 0.514. The molecule has 2 aromatic heterocycles. The van der Waals surface area contributed by atoms with Gasteiger partial charge in [0.25, 0.3) is 0 Å². The normalized spacial score (nSPS) is 14.6. The summed E-state index contributed by atoms with van der Waals surface area (Å²) in [5.41, 5.74) is 19.3. The summed E-state index contributed by atoms with van der Waals surface area (Å²) in [6, 6.07) is 85.9. The molecule has 298 valence electrons. The van der Waals surface area contributed by atoms with Crippen molar-refractivity contribution in [2.45, 2.75) is 5.41 Å². The van der Waals surface area contributed by atoms with Gasteiger partial charge in [-0.05, 0) is 111 Å². The van der Waals surface area contributed by atoms with Crippen molar-refractivity contribution in [3.8, 4) is 39.1 Å². The Bertz CT molecular complexity index is 3870. The van der Waals surface area contributed by atoms with Crippen LogP contribution >= 0.6 is 11.3 Å². The summed E-state index contributed by atoms with van der Waals surface area (Å²) in [5, 5.41) is 5.15. The Morgan fingerprint density at radius 1 is 0.359 bits per heavy atom. The molecule has 1 aliphatic heterocycles. The zero-order valence-corrected chi connectivity index (χ0v) is 35.6. The third-order valence-corrected chi connectivity index (χ3v) is 15.1. The van der Waals surface area contributed by atoms with Crippen molar-refractivity contribution in [1.82, 2.24) is 4.57 Å². The molecule has 12 aromatic rings. The molecule has 0 N–H and O–H groups in total. The van der Waals surface area contributed by atoms with E-state index in [9.17, 15) is 0 Å². The number of fused-ring (bicyclic) bond motifs is 15. The summed E-state index contributed by atoms with van der Waals surface area (Å²) in [4.78, 5) is 2.46. The number of nitrogens with zero attached hydrogens (tertiary/aromatic N) is 2. The van der Waals surface area contributed by atoms with Crippen LogP contribution in [-0.2, 0) is 5.41 Å². The lowest BCUT2D eigenvalue weighted by Gasteiger charge is -2.39. The first-order valence-corrected chi connectivity index (χ1v) is 22.9. The first-order chi connectivity index (χ1) is 31.8. The molecule has 1 spiro atoms. The van der Waals surface area contributed by atoms with E-state index in [0.29, 0.717) is 0 Å². The summed E-state index contributed by atoms with van der Waals surface area (Å²) < 4.78 is 5.12. The Balaban J connectivity index is 1.000. The Hall–Kier alpha value is -7.98. The highest BCUT2D eigenvalue weighted by atomic mass is 32.1. The van der Waals surface area contributed by atoms with Gasteiger partial charge in [-0.2, -0.15) is 0 Å². The molecule has 14 rings (SSSR count). The van der Waals surface area contributed by atoms with Crippen molar-refractivity contribution in [3.63, 3.8) is 0 Å².